The highest BCUT2D eigenvalue weighted by Crippen LogP contribution is 2.36. The van der Waals surface area contributed by atoms with Gasteiger partial charge in [-0.15, -0.1) is 0 Å². The van der Waals surface area contributed by atoms with E-state index in [4.69, 9.17) is 23.7 Å². The van der Waals surface area contributed by atoms with Gasteiger partial charge in [0.25, 0.3) is 0 Å². The Kier molecular flexibility index (Phi) is 10.6. The van der Waals surface area contributed by atoms with Crippen LogP contribution in [0.1, 0.15) is 26.7 Å². The summed E-state index contributed by atoms with van der Waals surface area (Å²) in [6.07, 6.45) is -12.7. The highest BCUT2D eigenvalue weighted by atomic mass is 16.8. The molecule has 0 aromatic rings. The molecular weight excluding hydrogens is 464 g/mol. The number of rotatable bonds is 11. The van der Waals surface area contributed by atoms with Gasteiger partial charge in [0.1, 0.15) is 55.9 Å². The summed E-state index contributed by atoms with van der Waals surface area (Å²) in [4.78, 5) is 23.5. The number of aliphatic hydroxyl groups is 7. The van der Waals surface area contributed by atoms with Crippen molar-refractivity contribution < 1.29 is 69.0 Å². The average molecular weight is 498 g/mol. The van der Waals surface area contributed by atoms with Gasteiger partial charge in [0.05, 0.1) is 6.61 Å². The molecular formula is C20H34O14. The zero-order chi connectivity index (χ0) is 25.6. The lowest BCUT2D eigenvalue weighted by Crippen LogP contribution is -2.62. The van der Waals surface area contributed by atoms with Gasteiger partial charge >= 0.3 is 11.9 Å². The molecule has 2 heterocycles. The molecule has 7 N–H and O–H groups in total. The van der Waals surface area contributed by atoms with Crippen molar-refractivity contribution in [3.63, 3.8) is 0 Å². The molecule has 0 aliphatic carbocycles. The third-order valence-electron chi connectivity index (χ3n) is 5.86. The number of aliphatic hydroxyl groups excluding tert-OH is 7. The summed E-state index contributed by atoms with van der Waals surface area (Å²) < 4.78 is 25.6. The molecule has 0 radical (unpaired) electrons. The molecule has 0 bridgehead atoms. The van der Waals surface area contributed by atoms with E-state index in [0.29, 0.717) is 0 Å². The van der Waals surface area contributed by atoms with Crippen LogP contribution >= 0.6 is 0 Å². The Labute approximate surface area is 195 Å². The summed E-state index contributed by atoms with van der Waals surface area (Å²) in [7, 11) is 0. The van der Waals surface area contributed by atoms with Crippen molar-refractivity contribution in [2.24, 2.45) is 5.92 Å². The summed E-state index contributed by atoms with van der Waals surface area (Å²) in [5.74, 6) is -3.79. The van der Waals surface area contributed by atoms with Crippen LogP contribution in [0.25, 0.3) is 0 Å². The molecule has 198 valence electrons. The fourth-order valence-electron chi connectivity index (χ4n) is 3.46. The van der Waals surface area contributed by atoms with Crippen molar-refractivity contribution in [1.29, 1.82) is 0 Å². The minimum atomic E-state index is -2.33. The van der Waals surface area contributed by atoms with Gasteiger partial charge in [0.2, 0.25) is 5.79 Å². The second-order valence-corrected chi connectivity index (χ2v) is 8.44. The number of carbonyl (C=O) groups is 2. The molecule has 0 aromatic carbocycles. The topological polar surface area (TPSA) is 222 Å². The number of esters is 2. The third kappa shape index (κ3) is 6.60. The van der Waals surface area contributed by atoms with E-state index in [1.807, 2.05) is 13.8 Å². The summed E-state index contributed by atoms with van der Waals surface area (Å²) in [5, 5.41) is 69.7. The van der Waals surface area contributed by atoms with Crippen LogP contribution < -0.4 is 0 Å². The van der Waals surface area contributed by atoms with Crippen molar-refractivity contribution in [1.82, 2.24) is 0 Å². The zero-order valence-corrected chi connectivity index (χ0v) is 18.9. The van der Waals surface area contributed by atoms with E-state index < -0.39 is 93.2 Å². The smallest absolute Gasteiger partial charge is 0.344 e. The van der Waals surface area contributed by atoms with E-state index in [1.54, 1.807) is 0 Å². The Bertz CT molecular complexity index is 676. The first-order valence-corrected chi connectivity index (χ1v) is 10.9. The summed E-state index contributed by atoms with van der Waals surface area (Å²) in [6.45, 7) is 0.676. The van der Waals surface area contributed by atoms with Crippen molar-refractivity contribution in [2.75, 3.05) is 26.4 Å². The van der Waals surface area contributed by atoms with Crippen LogP contribution in [0.15, 0.2) is 0 Å². The first-order chi connectivity index (χ1) is 16.0. The van der Waals surface area contributed by atoms with E-state index >= 15 is 0 Å². The van der Waals surface area contributed by atoms with Crippen molar-refractivity contribution in [3.8, 4) is 0 Å². The second-order valence-electron chi connectivity index (χ2n) is 8.44. The molecule has 0 saturated carbocycles. The molecule has 2 aliphatic rings. The first-order valence-electron chi connectivity index (χ1n) is 10.9. The van der Waals surface area contributed by atoms with Crippen LogP contribution in [0, 0.1) is 5.92 Å². The number of ether oxygens (including phenoxy) is 5. The maximum absolute atomic E-state index is 11.9. The minimum Gasteiger partial charge on any atom is -0.460 e. The maximum atomic E-state index is 11.9. The van der Waals surface area contributed by atoms with Crippen molar-refractivity contribution in [3.05, 3.63) is 0 Å². The molecule has 0 spiro atoms. The van der Waals surface area contributed by atoms with Gasteiger partial charge in [-0.2, -0.15) is 0 Å². The van der Waals surface area contributed by atoms with Crippen LogP contribution in [0.3, 0.4) is 0 Å². The predicted molar refractivity (Wildman–Crippen MR) is 108 cm³/mol. The minimum absolute atomic E-state index is 0.0810. The lowest BCUT2D eigenvalue weighted by Gasteiger charge is -2.43. The van der Waals surface area contributed by atoms with Crippen molar-refractivity contribution in [2.45, 2.75) is 81.5 Å². The Hall–Kier alpha value is -1.46. The quantitative estimate of drug-likeness (QED) is 0.135. The highest BCUT2D eigenvalue weighted by molar-refractivity contribution is 5.76. The zero-order valence-electron chi connectivity index (χ0n) is 18.9. The molecule has 14 heteroatoms. The van der Waals surface area contributed by atoms with E-state index in [0.717, 1.165) is 6.42 Å². The van der Waals surface area contributed by atoms with Gasteiger partial charge in [0.15, 0.2) is 12.9 Å². The highest BCUT2D eigenvalue weighted by Gasteiger charge is 2.58. The molecule has 34 heavy (non-hydrogen) atoms. The van der Waals surface area contributed by atoms with Gasteiger partial charge in [-0.25, -0.2) is 4.79 Å². The molecule has 10 atom stereocenters. The number of carbonyl (C=O) groups excluding carboxylic acids is 2. The van der Waals surface area contributed by atoms with Gasteiger partial charge in [-0.3, -0.25) is 4.79 Å². The van der Waals surface area contributed by atoms with Crippen LogP contribution in [0.4, 0.5) is 0 Å². The van der Waals surface area contributed by atoms with Crippen LogP contribution in [-0.4, -0.2) is 129 Å². The van der Waals surface area contributed by atoms with Gasteiger partial charge in [-0.1, -0.05) is 20.3 Å². The SMILES string of the molecule is CCC(C)CC(=O)OCC(=O)OC[C@H]1O[C@H](O[C@]2(CO)O[C@H](CO)[C@@H](O)[C@@H]2O)[C@H](O)[C@@H](O)[C@@H]1O. The summed E-state index contributed by atoms with van der Waals surface area (Å²) in [6, 6.07) is 0. The normalized spacial score (nSPS) is 39.0. The Morgan fingerprint density at radius 1 is 0.941 bits per heavy atom. The fourth-order valence-corrected chi connectivity index (χ4v) is 3.46. The molecule has 2 rings (SSSR count). The lowest BCUT2D eigenvalue weighted by molar-refractivity contribution is -0.383. The van der Waals surface area contributed by atoms with Crippen LogP contribution in [0.5, 0.6) is 0 Å². The monoisotopic (exact) mass is 498 g/mol. The second kappa shape index (κ2) is 12.5. The Morgan fingerprint density at radius 2 is 1.62 bits per heavy atom. The van der Waals surface area contributed by atoms with Crippen LogP contribution in [-0.2, 0) is 33.3 Å². The Morgan fingerprint density at radius 3 is 2.18 bits per heavy atom. The molecule has 14 nitrogen and oxygen atoms in total. The fraction of sp³-hybridized carbons (Fsp3) is 0.900. The standard InChI is InChI=1S/C20H34O14/c1-3-9(2)4-12(23)31-7-13(24)30-6-11-14(25)16(27)17(28)19(32-11)34-20(8-22)18(29)15(26)10(5-21)33-20/h9-11,14-19,21-22,25-29H,3-8H2,1-2H3/t9?,10-,11-,14-,15-,16+,17-,18+,19-,20+/m1/s1. The maximum Gasteiger partial charge on any atom is 0.344 e. The van der Waals surface area contributed by atoms with E-state index in [9.17, 15) is 45.3 Å². The molecule has 1 unspecified atom stereocenters. The largest absolute Gasteiger partial charge is 0.460 e. The summed E-state index contributed by atoms with van der Waals surface area (Å²) in [5.41, 5.74) is 0. The molecule has 2 saturated heterocycles. The van der Waals surface area contributed by atoms with E-state index in [-0.39, 0.29) is 12.3 Å². The average Bonchev–Trinajstić information content (AvgIpc) is 3.07. The lowest BCUT2D eigenvalue weighted by atomic mass is 9.99. The summed E-state index contributed by atoms with van der Waals surface area (Å²) >= 11 is 0. The van der Waals surface area contributed by atoms with Gasteiger partial charge < -0.3 is 59.4 Å². The first kappa shape index (κ1) is 28.8. The van der Waals surface area contributed by atoms with E-state index in [2.05, 4.69) is 0 Å². The third-order valence-corrected chi connectivity index (χ3v) is 5.86. The van der Waals surface area contributed by atoms with Gasteiger partial charge in [-0.05, 0) is 5.92 Å². The van der Waals surface area contributed by atoms with Gasteiger partial charge in [0, 0.05) is 6.42 Å². The Balaban J connectivity index is 1.96. The molecule has 2 fully saturated rings. The molecule has 2 aliphatic heterocycles. The number of hydrogen-bond acceptors (Lipinski definition) is 14. The van der Waals surface area contributed by atoms with Crippen LogP contribution in [0.2, 0.25) is 0 Å². The number of hydrogen-bond donors (Lipinski definition) is 7. The predicted octanol–water partition coefficient (Wildman–Crippen LogP) is -3.87. The molecule has 0 aromatic heterocycles. The molecule has 0 amide bonds. The van der Waals surface area contributed by atoms with Crippen molar-refractivity contribution >= 4 is 11.9 Å². The van der Waals surface area contributed by atoms with E-state index in [1.165, 1.54) is 0 Å².